The SMILES string of the molecule is CCN(CC)C(=O)CN1CCCN(C(=O)Cc2ccc(NC(C)=O)cc2)CC1. The van der Waals surface area contributed by atoms with E-state index in [2.05, 4.69) is 10.2 Å². The van der Waals surface area contributed by atoms with Gasteiger partial charge in [-0.2, -0.15) is 0 Å². The Bertz CT molecular complexity index is 671. The molecule has 7 nitrogen and oxygen atoms in total. The summed E-state index contributed by atoms with van der Waals surface area (Å²) in [6, 6.07) is 7.37. The van der Waals surface area contributed by atoms with E-state index < -0.39 is 0 Å². The van der Waals surface area contributed by atoms with Gasteiger partial charge in [-0.15, -0.1) is 0 Å². The minimum absolute atomic E-state index is 0.101. The van der Waals surface area contributed by atoms with E-state index in [1.165, 1.54) is 6.92 Å². The lowest BCUT2D eigenvalue weighted by atomic mass is 10.1. The molecule has 0 aromatic heterocycles. The third kappa shape index (κ3) is 6.64. The van der Waals surface area contributed by atoms with E-state index in [1.54, 1.807) is 0 Å². The van der Waals surface area contributed by atoms with Gasteiger partial charge < -0.3 is 15.1 Å². The Kier molecular flexibility index (Phi) is 8.44. The molecule has 1 aliphatic rings. The summed E-state index contributed by atoms with van der Waals surface area (Å²) in [6.45, 7) is 10.3. The lowest BCUT2D eigenvalue weighted by Crippen LogP contribution is -2.42. The van der Waals surface area contributed by atoms with E-state index in [0.29, 0.717) is 19.5 Å². The van der Waals surface area contributed by atoms with Gasteiger partial charge in [0.15, 0.2) is 0 Å². The second-order valence-electron chi connectivity index (χ2n) is 7.13. The minimum Gasteiger partial charge on any atom is -0.342 e. The topological polar surface area (TPSA) is 73.0 Å². The molecule has 28 heavy (non-hydrogen) atoms. The first-order chi connectivity index (χ1) is 13.4. The van der Waals surface area contributed by atoms with Gasteiger partial charge in [0.05, 0.1) is 13.0 Å². The highest BCUT2D eigenvalue weighted by Crippen LogP contribution is 2.12. The highest BCUT2D eigenvalue weighted by molar-refractivity contribution is 5.88. The molecule has 1 N–H and O–H groups in total. The summed E-state index contributed by atoms with van der Waals surface area (Å²) in [4.78, 5) is 42.0. The summed E-state index contributed by atoms with van der Waals surface area (Å²) in [6.07, 6.45) is 1.22. The lowest BCUT2D eigenvalue weighted by Gasteiger charge is -2.25. The van der Waals surface area contributed by atoms with Crippen molar-refractivity contribution in [3.8, 4) is 0 Å². The quantitative estimate of drug-likeness (QED) is 0.770. The number of nitrogens with zero attached hydrogens (tertiary/aromatic N) is 3. The van der Waals surface area contributed by atoms with Crippen molar-refractivity contribution in [1.82, 2.24) is 14.7 Å². The Labute approximate surface area is 167 Å². The maximum absolute atomic E-state index is 12.7. The van der Waals surface area contributed by atoms with Gasteiger partial charge in [0.1, 0.15) is 0 Å². The van der Waals surface area contributed by atoms with E-state index >= 15 is 0 Å². The van der Waals surface area contributed by atoms with Crippen LogP contribution in [-0.4, -0.2) is 78.2 Å². The highest BCUT2D eigenvalue weighted by Gasteiger charge is 2.21. The first-order valence-corrected chi connectivity index (χ1v) is 10.1. The number of likely N-dealkylation sites (N-methyl/N-ethyl adjacent to an activating group) is 1. The molecule has 0 spiro atoms. The van der Waals surface area contributed by atoms with Crippen molar-refractivity contribution in [2.75, 3.05) is 51.1 Å². The predicted octanol–water partition coefficient (Wildman–Crippen LogP) is 1.59. The van der Waals surface area contributed by atoms with Crippen molar-refractivity contribution in [1.29, 1.82) is 0 Å². The van der Waals surface area contributed by atoms with Crippen LogP contribution in [0.15, 0.2) is 24.3 Å². The summed E-state index contributed by atoms with van der Waals surface area (Å²) in [7, 11) is 0. The smallest absolute Gasteiger partial charge is 0.236 e. The molecule has 1 heterocycles. The summed E-state index contributed by atoms with van der Waals surface area (Å²) in [5.41, 5.74) is 1.66. The molecule has 0 aliphatic carbocycles. The zero-order chi connectivity index (χ0) is 20.5. The number of amides is 3. The number of hydrogen-bond acceptors (Lipinski definition) is 4. The van der Waals surface area contributed by atoms with Gasteiger partial charge in [-0.1, -0.05) is 12.1 Å². The number of carbonyl (C=O) groups excluding carboxylic acids is 3. The molecular weight excluding hydrogens is 356 g/mol. The number of rotatable bonds is 7. The Morgan fingerprint density at radius 2 is 1.68 bits per heavy atom. The first kappa shape index (κ1) is 21.9. The van der Waals surface area contributed by atoms with Crippen LogP contribution in [0.4, 0.5) is 5.69 Å². The summed E-state index contributed by atoms with van der Waals surface area (Å²) in [5, 5.41) is 2.72. The fraction of sp³-hybridized carbons (Fsp3) is 0.571. The molecule has 154 valence electrons. The normalized spacial score (nSPS) is 15.0. The molecule has 0 bridgehead atoms. The molecule has 2 rings (SSSR count). The largest absolute Gasteiger partial charge is 0.342 e. The van der Waals surface area contributed by atoms with Crippen molar-refractivity contribution in [2.45, 2.75) is 33.6 Å². The maximum Gasteiger partial charge on any atom is 0.236 e. The fourth-order valence-electron chi connectivity index (χ4n) is 3.44. The molecule has 1 aliphatic heterocycles. The van der Waals surface area contributed by atoms with E-state index in [4.69, 9.17) is 0 Å². The Morgan fingerprint density at radius 3 is 2.29 bits per heavy atom. The van der Waals surface area contributed by atoms with Crippen LogP contribution in [0.25, 0.3) is 0 Å². The molecule has 0 radical (unpaired) electrons. The van der Waals surface area contributed by atoms with Crippen molar-refractivity contribution < 1.29 is 14.4 Å². The van der Waals surface area contributed by atoms with Crippen LogP contribution in [0.3, 0.4) is 0 Å². The van der Waals surface area contributed by atoms with E-state index in [0.717, 1.165) is 50.4 Å². The summed E-state index contributed by atoms with van der Waals surface area (Å²) < 4.78 is 0. The third-order valence-electron chi connectivity index (χ3n) is 5.05. The monoisotopic (exact) mass is 388 g/mol. The maximum atomic E-state index is 12.7. The van der Waals surface area contributed by atoms with Crippen LogP contribution in [0.5, 0.6) is 0 Å². The average Bonchev–Trinajstić information content (AvgIpc) is 2.89. The molecule has 1 aromatic carbocycles. The Morgan fingerprint density at radius 1 is 1.00 bits per heavy atom. The van der Waals surface area contributed by atoms with Crippen molar-refractivity contribution in [2.24, 2.45) is 0 Å². The Hall–Kier alpha value is -2.41. The van der Waals surface area contributed by atoms with Crippen LogP contribution in [0.1, 0.15) is 32.8 Å². The van der Waals surface area contributed by atoms with E-state index in [1.807, 2.05) is 47.9 Å². The number of hydrogen-bond donors (Lipinski definition) is 1. The molecule has 3 amide bonds. The van der Waals surface area contributed by atoms with Crippen molar-refractivity contribution in [3.63, 3.8) is 0 Å². The molecule has 1 aromatic rings. The second kappa shape index (κ2) is 10.8. The van der Waals surface area contributed by atoms with Gasteiger partial charge in [0.25, 0.3) is 0 Å². The Balaban J connectivity index is 1.85. The van der Waals surface area contributed by atoms with Crippen molar-refractivity contribution >= 4 is 23.4 Å². The second-order valence-corrected chi connectivity index (χ2v) is 7.13. The number of anilines is 1. The molecule has 1 fully saturated rings. The molecule has 7 heteroatoms. The molecule has 0 atom stereocenters. The molecule has 1 saturated heterocycles. The van der Waals surface area contributed by atoms with Gasteiger partial charge in [0, 0.05) is 51.9 Å². The lowest BCUT2D eigenvalue weighted by molar-refractivity contribution is -0.132. The zero-order valence-electron chi connectivity index (χ0n) is 17.2. The standard InChI is InChI=1S/C21H32N4O3/c1-4-24(5-2)21(28)16-23-11-6-12-25(14-13-23)20(27)15-18-7-9-19(10-8-18)22-17(3)26/h7-10H,4-6,11-16H2,1-3H3,(H,22,26). The summed E-state index contributed by atoms with van der Waals surface area (Å²) >= 11 is 0. The molecule has 0 saturated carbocycles. The fourth-order valence-corrected chi connectivity index (χ4v) is 3.44. The zero-order valence-corrected chi connectivity index (χ0v) is 17.2. The van der Waals surface area contributed by atoms with Crippen LogP contribution in [0, 0.1) is 0 Å². The number of nitrogens with one attached hydrogen (secondary N) is 1. The van der Waals surface area contributed by atoms with Gasteiger partial charge >= 0.3 is 0 Å². The van der Waals surface area contributed by atoms with Crippen LogP contribution >= 0.6 is 0 Å². The first-order valence-electron chi connectivity index (χ1n) is 10.1. The van der Waals surface area contributed by atoms with Gasteiger partial charge in [-0.3, -0.25) is 19.3 Å². The van der Waals surface area contributed by atoms with Crippen LogP contribution < -0.4 is 5.32 Å². The van der Waals surface area contributed by atoms with E-state index in [9.17, 15) is 14.4 Å². The van der Waals surface area contributed by atoms with Gasteiger partial charge in [0.2, 0.25) is 17.7 Å². The number of carbonyl (C=O) groups is 3. The predicted molar refractivity (Wildman–Crippen MR) is 110 cm³/mol. The number of benzene rings is 1. The van der Waals surface area contributed by atoms with Crippen LogP contribution in [-0.2, 0) is 20.8 Å². The summed E-state index contributed by atoms with van der Waals surface area (Å²) in [5.74, 6) is 0.144. The molecular formula is C21H32N4O3. The average molecular weight is 389 g/mol. The van der Waals surface area contributed by atoms with Gasteiger partial charge in [-0.05, 0) is 38.0 Å². The van der Waals surface area contributed by atoms with Crippen LogP contribution in [0.2, 0.25) is 0 Å². The third-order valence-corrected chi connectivity index (χ3v) is 5.05. The van der Waals surface area contributed by atoms with Crippen molar-refractivity contribution in [3.05, 3.63) is 29.8 Å². The molecule has 0 unspecified atom stereocenters. The van der Waals surface area contributed by atoms with E-state index in [-0.39, 0.29) is 17.7 Å². The minimum atomic E-state index is -0.113. The van der Waals surface area contributed by atoms with Gasteiger partial charge in [-0.25, -0.2) is 0 Å². The highest BCUT2D eigenvalue weighted by atomic mass is 16.2.